The van der Waals surface area contributed by atoms with Crippen LogP contribution >= 0.6 is 60.4 Å². The van der Waals surface area contributed by atoms with Crippen molar-refractivity contribution in [3.63, 3.8) is 0 Å². The average molecular weight is 813 g/mol. The van der Waals surface area contributed by atoms with Gasteiger partial charge in [0.1, 0.15) is 23.8 Å². The molecule has 2 aromatic carbocycles. The molecule has 2 heterocycles. The smallest absolute Gasteiger partial charge is 0.282 e. The first kappa shape index (κ1) is 38.2. The predicted molar refractivity (Wildman–Crippen MR) is 185 cm³/mol. The first-order chi connectivity index (χ1) is 17.8. The standard InChI is InChI=1S/C14H13ClN4O.C13H15ClO2.2CH4.I2/c1-7-4-10(11(15)5-8(7)2)12-9(3)18-14-16-6-17-19(14)13(12)20;1-7-5-11(12(14)6-8(7)2)13(9(3)15)10(4)16;;;1-2/h4-6H,1-3H3,(H,16,17,18);5-6,13H,1-4H3;2*1H4;. The van der Waals surface area contributed by atoms with Crippen LogP contribution in [-0.4, -0.2) is 31.1 Å². The molecule has 1 N–H and O–H groups in total. The summed E-state index contributed by atoms with van der Waals surface area (Å²) in [5, 5.41) is 3.79. The van der Waals surface area contributed by atoms with Crippen LogP contribution in [0.4, 0.5) is 0 Å². The van der Waals surface area contributed by atoms with Crippen LogP contribution in [0.3, 0.4) is 0 Å². The van der Waals surface area contributed by atoms with Crippen molar-refractivity contribution in [1.29, 1.82) is 0 Å². The Balaban J connectivity index is 0.000000699. The van der Waals surface area contributed by atoms with Crippen molar-refractivity contribution in [2.75, 3.05) is 0 Å². The van der Waals surface area contributed by atoms with Crippen LogP contribution in [0.15, 0.2) is 35.4 Å². The molecule has 0 aliphatic rings. The van der Waals surface area contributed by atoms with E-state index in [1.807, 2.05) is 45.9 Å². The summed E-state index contributed by atoms with van der Waals surface area (Å²) in [6.45, 7) is 12.5. The third kappa shape index (κ3) is 8.59. The zero-order valence-corrected chi connectivity index (χ0v) is 27.9. The summed E-state index contributed by atoms with van der Waals surface area (Å²) in [6, 6.07) is 7.41. The summed E-state index contributed by atoms with van der Waals surface area (Å²) in [5.41, 5.74) is 6.50. The number of benzene rings is 2. The van der Waals surface area contributed by atoms with Gasteiger partial charge >= 0.3 is 0 Å². The second-order valence-corrected chi connectivity index (χ2v) is 9.74. The highest BCUT2D eigenvalue weighted by Crippen LogP contribution is 2.30. The minimum Gasteiger partial charge on any atom is -0.299 e. The molecule has 0 radical (unpaired) electrons. The highest BCUT2D eigenvalue weighted by molar-refractivity contribution is 15.0. The quantitative estimate of drug-likeness (QED) is 0.164. The molecular weight excluding hydrogens is 777 g/mol. The molecule has 4 rings (SSSR count). The maximum absolute atomic E-state index is 12.6. The molecule has 40 heavy (non-hydrogen) atoms. The van der Waals surface area contributed by atoms with Gasteiger partial charge in [-0.25, -0.2) is 9.97 Å². The van der Waals surface area contributed by atoms with Crippen molar-refractivity contribution < 1.29 is 9.59 Å². The Labute approximate surface area is 269 Å². The number of aromatic amines is 1. The molecule has 0 atom stereocenters. The second kappa shape index (κ2) is 16.6. The van der Waals surface area contributed by atoms with Crippen molar-refractivity contribution >= 4 is 77.8 Å². The number of nitrogens with zero attached hydrogens (tertiary/aromatic N) is 3. The van der Waals surface area contributed by atoms with Crippen LogP contribution in [0.1, 0.15) is 68.1 Å². The maximum Gasteiger partial charge on any atom is 0.282 e. The summed E-state index contributed by atoms with van der Waals surface area (Å²) < 4.78 is 1.31. The Bertz CT molecular complexity index is 1550. The number of halogens is 4. The highest BCUT2D eigenvalue weighted by Gasteiger charge is 2.24. The normalized spacial score (nSPS) is 10.0. The van der Waals surface area contributed by atoms with E-state index < -0.39 is 5.92 Å². The van der Waals surface area contributed by atoms with Crippen LogP contribution < -0.4 is 5.56 Å². The lowest BCUT2D eigenvalue weighted by Crippen LogP contribution is -2.19. The number of ketones is 2. The van der Waals surface area contributed by atoms with E-state index in [1.54, 1.807) is 13.0 Å². The fourth-order valence-electron chi connectivity index (χ4n) is 3.99. The van der Waals surface area contributed by atoms with Crippen LogP contribution in [-0.2, 0) is 9.59 Å². The van der Waals surface area contributed by atoms with Gasteiger partial charge < -0.3 is 0 Å². The van der Waals surface area contributed by atoms with E-state index in [2.05, 4.69) is 52.3 Å². The lowest BCUT2D eigenvalue weighted by molar-refractivity contribution is -0.126. The highest BCUT2D eigenvalue weighted by atomic mass is 128. The number of Topliss-reactive ketones (excluding diaryl/α,β-unsaturated/α-hetero) is 2. The average Bonchev–Trinajstić information content (AvgIpc) is 3.30. The maximum atomic E-state index is 12.6. The molecular formula is C29H36Cl2I2N4O3. The van der Waals surface area contributed by atoms with Gasteiger partial charge in [-0.15, -0.1) is 0 Å². The largest absolute Gasteiger partial charge is 0.299 e. The zero-order chi connectivity index (χ0) is 28.9. The van der Waals surface area contributed by atoms with E-state index in [1.165, 1.54) is 24.7 Å². The molecule has 11 heteroatoms. The predicted octanol–water partition coefficient (Wildman–Crippen LogP) is 8.93. The van der Waals surface area contributed by atoms with Crippen LogP contribution in [0.2, 0.25) is 10.0 Å². The molecule has 0 saturated carbocycles. The number of aryl methyl sites for hydroxylation is 5. The molecule has 4 aromatic rings. The fraction of sp³-hybridized carbons (Fsp3) is 0.345. The summed E-state index contributed by atoms with van der Waals surface area (Å²) in [5.74, 6) is -0.710. The molecule has 0 unspecified atom stereocenters. The van der Waals surface area contributed by atoms with Gasteiger partial charge in [-0.2, -0.15) is 4.52 Å². The summed E-state index contributed by atoms with van der Waals surface area (Å²) >= 11 is 16.6. The third-order valence-electron chi connectivity index (χ3n) is 6.20. The number of hydrogen-bond donors (Lipinski definition) is 1. The van der Waals surface area contributed by atoms with E-state index in [9.17, 15) is 14.4 Å². The fourth-order valence-corrected chi connectivity index (χ4v) is 4.63. The van der Waals surface area contributed by atoms with E-state index in [0.717, 1.165) is 22.3 Å². The SMILES string of the molecule is C.C.CC(=O)C(C(C)=O)c1cc(C)c(C)cc1Cl.Cc1cc(Cl)c(-c2c(C)nc3nc[nH]n3c2=O)cc1C.II. The molecule has 7 nitrogen and oxygen atoms in total. The molecule has 0 aliphatic carbocycles. The Morgan fingerprint density at radius 3 is 1.85 bits per heavy atom. The molecule has 0 fully saturated rings. The van der Waals surface area contributed by atoms with Gasteiger partial charge in [-0.1, -0.05) is 44.1 Å². The number of carbonyl (C=O) groups is 2. The van der Waals surface area contributed by atoms with E-state index >= 15 is 0 Å². The van der Waals surface area contributed by atoms with Gasteiger partial charge in [-0.05, 0) is 94.5 Å². The molecule has 0 saturated heterocycles. The van der Waals surface area contributed by atoms with Crippen molar-refractivity contribution in [2.24, 2.45) is 0 Å². The number of rotatable bonds is 4. The van der Waals surface area contributed by atoms with Gasteiger partial charge in [0.2, 0.25) is 0 Å². The molecule has 218 valence electrons. The van der Waals surface area contributed by atoms with Gasteiger partial charge in [0, 0.05) is 52.8 Å². The number of aromatic nitrogens is 4. The molecule has 0 aliphatic heterocycles. The first-order valence-corrected chi connectivity index (χ1v) is 18.5. The Morgan fingerprint density at radius 2 is 1.32 bits per heavy atom. The number of carbonyl (C=O) groups excluding carboxylic acids is 2. The van der Waals surface area contributed by atoms with Gasteiger partial charge in [0.25, 0.3) is 11.3 Å². The summed E-state index contributed by atoms with van der Waals surface area (Å²) in [4.78, 5) is 43.8. The number of hydrogen-bond acceptors (Lipinski definition) is 5. The zero-order valence-electron chi connectivity index (χ0n) is 22.0. The van der Waals surface area contributed by atoms with Gasteiger partial charge in [0.15, 0.2) is 0 Å². The van der Waals surface area contributed by atoms with Crippen molar-refractivity contribution in [3.8, 4) is 11.1 Å². The lowest BCUT2D eigenvalue weighted by atomic mass is 9.90. The second-order valence-electron chi connectivity index (χ2n) is 8.93. The van der Waals surface area contributed by atoms with Crippen LogP contribution in [0.5, 0.6) is 0 Å². The monoisotopic (exact) mass is 812 g/mol. The molecule has 2 aromatic heterocycles. The van der Waals surface area contributed by atoms with Gasteiger partial charge in [-0.3, -0.25) is 19.5 Å². The number of nitrogens with one attached hydrogen (secondary N) is 1. The van der Waals surface area contributed by atoms with Crippen LogP contribution in [0, 0.1) is 34.6 Å². The number of H-pyrrole nitrogens is 1. The van der Waals surface area contributed by atoms with E-state index in [-0.39, 0.29) is 32.0 Å². The Hall–Kier alpha value is -1.83. The minimum absolute atomic E-state index is 0. The minimum atomic E-state index is -0.730. The molecule has 0 bridgehead atoms. The first-order valence-electron chi connectivity index (χ1n) is 11.4. The molecule has 0 spiro atoms. The van der Waals surface area contributed by atoms with Crippen molar-refractivity contribution in [2.45, 2.75) is 69.2 Å². The van der Waals surface area contributed by atoms with Gasteiger partial charge in [0.05, 0.1) is 11.3 Å². The Morgan fingerprint density at radius 1 is 0.850 bits per heavy atom. The third-order valence-corrected chi connectivity index (χ3v) is 6.84. The van der Waals surface area contributed by atoms with Crippen molar-refractivity contribution in [3.05, 3.63) is 84.5 Å². The van der Waals surface area contributed by atoms with E-state index in [4.69, 9.17) is 23.2 Å². The van der Waals surface area contributed by atoms with Crippen LogP contribution in [0.25, 0.3) is 16.9 Å². The Kier molecular flexibility index (Phi) is 15.8. The van der Waals surface area contributed by atoms with Crippen molar-refractivity contribution in [1.82, 2.24) is 19.6 Å². The van der Waals surface area contributed by atoms with E-state index in [0.29, 0.717) is 38.2 Å². The lowest BCUT2D eigenvalue weighted by Gasteiger charge is -2.14. The molecule has 0 amide bonds. The summed E-state index contributed by atoms with van der Waals surface area (Å²) in [6.07, 6.45) is 1.44. The number of fused-ring (bicyclic) bond motifs is 1. The topological polar surface area (TPSA) is 97.2 Å². The summed E-state index contributed by atoms with van der Waals surface area (Å²) in [7, 11) is 0.